The number of nitrogens with zero attached hydrogens (tertiary/aromatic N) is 3. The molecule has 5 nitrogen and oxygen atoms in total. The Labute approximate surface area is 136 Å². The highest BCUT2D eigenvalue weighted by Gasteiger charge is 2.51. The molecule has 0 saturated carbocycles. The Morgan fingerprint density at radius 1 is 1.17 bits per heavy atom. The van der Waals surface area contributed by atoms with Gasteiger partial charge in [0, 0.05) is 6.54 Å². The number of hydrogen-bond donors (Lipinski definition) is 0. The van der Waals surface area contributed by atoms with Crippen LogP contribution in [-0.4, -0.2) is 33.3 Å². The first-order valence-electron chi connectivity index (χ1n) is 7.99. The van der Waals surface area contributed by atoms with Gasteiger partial charge >= 0.3 is 7.12 Å². The van der Waals surface area contributed by atoms with Crippen molar-refractivity contribution >= 4 is 23.6 Å². The zero-order valence-corrected chi connectivity index (χ0v) is 14.6. The summed E-state index contributed by atoms with van der Waals surface area (Å²) in [6, 6.07) is 3.29. The van der Waals surface area contributed by atoms with Crippen LogP contribution in [0.3, 0.4) is 0 Å². The predicted octanol–water partition coefficient (Wildman–Crippen LogP) is 2.53. The average Bonchev–Trinajstić information content (AvgIpc) is 2.89. The molecule has 1 aliphatic heterocycles. The number of hydrogen-bond acceptors (Lipinski definition) is 4. The zero-order chi connectivity index (χ0) is 17.0. The van der Waals surface area contributed by atoms with Gasteiger partial charge in [-0.25, -0.2) is 9.07 Å². The van der Waals surface area contributed by atoms with Crippen molar-refractivity contribution in [3.8, 4) is 0 Å². The van der Waals surface area contributed by atoms with Crippen LogP contribution in [0.1, 0.15) is 41.5 Å². The third kappa shape index (κ3) is 2.76. The van der Waals surface area contributed by atoms with Crippen molar-refractivity contribution in [3.05, 3.63) is 17.9 Å². The molecule has 23 heavy (non-hydrogen) atoms. The Kier molecular flexibility index (Phi) is 3.76. The molecule has 2 aromatic rings. The Hall–Kier alpha value is -1.47. The van der Waals surface area contributed by atoms with Gasteiger partial charge in [0.25, 0.3) is 0 Å². The lowest BCUT2D eigenvalue weighted by Crippen LogP contribution is -2.41. The predicted molar refractivity (Wildman–Crippen MR) is 88.0 cm³/mol. The number of benzene rings is 1. The van der Waals surface area contributed by atoms with E-state index in [0.29, 0.717) is 23.4 Å². The number of aromatic nitrogens is 3. The van der Waals surface area contributed by atoms with Crippen LogP contribution in [0.25, 0.3) is 11.0 Å². The van der Waals surface area contributed by atoms with Crippen molar-refractivity contribution in [2.45, 2.75) is 59.3 Å². The molecule has 1 aromatic carbocycles. The second kappa shape index (κ2) is 5.28. The Morgan fingerprint density at radius 2 is 1.78 bits per heavy atom. The lowest BCUT2D eigenvalue weighted by Gasteiger charge is -2.32. The smallest absolute Gasteiger partial charge is 0.399 e. The van der Waals surface area contributed by atoms with E-state index in [9.17, 15) is 4.39 Å². The maximum absolute atomic E-state index is 14.4. The van der Waals surface area contributed by atoms with Gasteiger partial charge in [0.1, 0.15) is 5.52 Å². The fourth-order valence-corrected chi connectivity index (χ4v) is 2.64. The highest BCUT2D eigenvalue weighted by molar-refractivity contribution is 6.62. The van der Waals surface area contributed by atoms with Crippen LogP contribution in [0.5, 0.6) is 0 Å². The molecule has 0 amide bonds. The van der Waals surface area contributed by atoms with E-state index >= 15 is 0 Å². The van der Waals surface area contributed by atoms with E-state index in [1.807, 2.05) is 33.8 Å². The third-order valence-electron chi connectivity index (χ3n) is 4.66. The molecule has 1 saturated heterocycles. The molecule has 7 heteroatoms. The highest BCUT2D eigenvalue weighted by atomic mass is 19.1. The molecular weight excluding hydrogens is 296 g/mol. The van der Waals surface area contributed by atoms with Crippen LogP contribution in [0.4, 0.5) is 4.39 Å². The first-order chi connectivity index (χ1) is 10.6. The second-order valence-corrected chi connectivity index (χ2v) is 7.62. The summed E-state index contributed by atoms with van der Waals surface area (Å²) in [5, 5.41) is 8.02. The number of fused-ring (bicyclic) bond motifs is 1. The molecule has 1 aliphatic rings. The van der Waals surface area contributed by atoms with Gasteiger partial charge in [-0.05, 0) is 51.2 Å². The van der Waals surface area contributed by atoms with Gasteiger partial charge in [0.15, 0.2) is 5.82 Å². The maximum Gasteiger partial charge on any atom is 0.495 e. The van der Waals surface area contributed by atoms with Crippen molar-refractivity contribution in [2.75, 3.05) is 0 Å². The van der Waals surface area contributed by atoms with E-state index in [4.69, 9.17) is 9.31 Å². The fourth-order valence-electron chi connectivity index (χ4n) is 2.64. The summed E-state index contributed by atoms with van der Waals surface area (Å²) in [7, 11) is -0.596. The Morgan fingerprint density at radius 3 is 2.35 bits per heavy atom. The first kappa shape index (κ1) is 16.4. The molecular formula is C16H23BFN3O2. The lowest BCUT2D eigenvalue weighted by atomic mass is 9.79. The quantitative estimate of drug-likeness (QED) is 0.816. The molecule has 1 fully saturated rings. The number of halogens is 1. The summed E-state index contributed by atoms with van der Waals surface area (Å²) in [5.41, 5.74) is 0.689. The standard InChI is InChI=1S/C16H23BFN3O2/c1-10(2)9-21-13-8-11(7-12(18)14(13)19-20-21)17-22-15(3,4)16(5,6)23-17/h7-8,10H,9H2,1-6H3. The summed E-state index contributed by atoms with van der Waals surface area (Å²) in [6.45, 7) is 12.8. The van der Waals surface area contributed by atoms with E-state index in [-0.39, 0.29) is 5.52 Å². The number of rotatable bonds is 3. The summed E-state index contributed by atoms with van der Waals surface area (Å²) < 4.78 is 28.2. The topological polar surface area (TPSA) is 49.2 Å². The molecule has 0 bridgehead atoms. The zero-order valence-electron chi connectivity index (χ0n) is 14.6. The van der Waals surface area contributed by atoms with E-state index < -0.39 is 24.1 Å². The highest BCUT2D eigenvalue weighted by Crippen LogP contribution is 2.36. The summed E-state index contributed by atoms with van der Waals surface area (Å²) in [4.78, 5) is 0. The van der Waals surface area contributed by atoms with Gasteiger partial charge in [0.05, 0.1) is 16.7 Å². The van der Waals surface area contributed by atoms with E-state index in [2.05, 4.69) is 24.2 Å². The molecule has 0 atom stereocenters. The minimum absolute atomic E-state index is 0.283. The first-order valence-corrected chi connectivity index (χ1v) is 7.99. The molecule has 2 heterocycles. The second-order valence-electron chi connectivity index (χ2n) is 7.62. The largest absolute Gasteiger partial charge is 0.495 e. The monoisotopic (exact) mass is 319 g/mol. The van der Waals surface area contributed by atoms with Crippen LogP contribution in [0.15, 0.2) is 12.1 Å². The SMILES string of the molecule is CC(C)Cn1nnc2c(F)cc(B3OC(C)(C)C(C)(C)O3)cc21. The van der Waals surface area contributed by atoms with Gasteiger partial charge in [-0.3, -0.25) is 0 Å². The average molecular weight is 319 g/mol. The van der Waals surface area contributed by atoms with Crippen LogP contribution >= 0.6 is 0 Å². The third-order valence-corrected chi connectivity index (χ3v) is 4.66. The van der Waals surface area contributed by atoms with Crippen molar-refractivity contribution < 1.29 is 13.7 Å². The van der Waals surface area contributed by atoms with Gasteiger partial charge in [0.2, 0.25) is 0 Å². The fraction of sp³-hybridized carbons (Fsp3) is 0.625. The summed E-state index contributed by atoms with van der Waals surface area (Å²) in [5.74, 6) is -0.00863. The normalized spacial score (nSPS) is 19.9. The van der Waals surface area contributed by atoms with Gasteiger partial charge in [-0.15, -0.1) is 5.10 Å². The van der Waals surface area contributed by atoms with Crippen LogP contribution in [-0.2, 0) is 15.9 Å². The van der Waals surface area contributed by atoms with Crippen LogP contribution in [0.2, 0.25) is 0 Å². The van der Waals surface area contributed by atoms with E-state index in [1.54, 1.807) is 4.68 Å². The Bertz CT molecular complexity index is 726. The minimum Gasteiger partial charge on any atom is -0.399 e. The molecule has 1 aromatic heterocycles. The van der Waals surface area contributed by atoms with Crippen molar-refractivity contribution in [3.63, 3.8) is 0 Å². The molecule has 124 valence electrons. The van der Waals surface area contributed by atoms with Crippen LogP contribution in [0, 0.1) is 11.7 Å². The lowest BCUT2D eigenvalue weighted by molar-refractivity contribution is 0.00578. The molecule has 0 aliphatic carbocycles. The van der Waals surface area contributed by atoms with Crippen molar-refractivity contribution in [2.24, 2.45) is 5.92 Å². The van der Waals surface area contributed by atoms with Gasteiger partial charge in [-0.2, -0.15) is 0 Å². The van der Waals surface area contributed by atoms with Crippen molar-refractivity contribution in [1.82, 2.24) is 15.0 Å². The van der Waals surface area contributed by atoms with E-state index in [0.717, 1.165) is 0 Å². The van der Waals surface area contributed by atoms with Gasteiger partial charge in [-0.1, -0.05) is 19.1 Å². The molecule has 0 radical (unpaired) electrons. The Balaban J connectivity index is 2.03. The summed E-state index contributed by atoms with van der Waals surface area (Å²) in [6.07, 6.45) is 0. The minimum atomic E-state index is -0.596. The maximum atomic E-state index is 14.4. The van der Waals surface area contributed by atoms with Crippen LogP contribution < -0.4 is 5.46 Å². The molecule has 0 spiro atoms. The van der Waals surface area contributed by atoms with Gasteiger partial charge < -0.3 is 9.31 Å². The summed E-state index contributed by atoms with van der Waals surface area (Å²) >= 11 is 0. The molecule has 3 rings (SSSR count). The molecule has 0 N–H and O–H groups in total. The van der Waals surface area contributed by atoms with Crippen molar-refractivity contribution in [1.29, 1.82) is 0 Å². The van der Waals surface area contributed by atoms with E-state index in [1.165, 1.54) is 6.07 Å². The molecule has 0 unspecified atom stereocenters.